The molecule has 3 atom stereocenters. The first-order valence-electron chi connectivity index (χ1n) is 8.62. The molecule has 2 saturated carbocycles. The normalized spacial score (nSPS) is 27.6. The quantitative estimate of drug-likeness (QED) is 0.868. The third kappa shape index (κ3) is 2.55. The summed E-state index contributed by atoms with van der Waals surface area (Å²) in [6.45, 7) is -0.817. The number of aromatic nitrogens is 3. The van der Waals surface area contributed by atoms with Crippen molar-refractivity contribution in [2.75, 3.05) is 18.8 Å². The van der Waals surface area contributed by atoms with E-state index >= 15 is 0 Å². The van der Waals surface area contributed by atoms with Crippen molar-refractivity contribution in [3.8, 4) is 17.0 Å². The first-order chi connectivity index (χ1) is 12.1. The van der Waals surface area contributed by atoms with Crippen LogP contribution in [0.15, 0.2) is 18.5 Å². The van der Waals surface area contributed by atoms with Crippen LogP contribution in [0, 0.1) is 11.8 Å². The molecule has 2 aromatic heterocycles. The van der Waals surface area contributed by atoms with Gasteiger partial charge in [0.1, 0.15) is 5.82 Å². The van der Waals surface area contributed by atoms with Gasteiger partial charge in [0.05, 0.1) is 5.69 Å². The number of ether oxygens (including phenoxy) is 1. The highest BCUT2D eigenvalue weighted by molar-refractivity contribution is 5.64. The minimum atomic E-state index is -2.93. The summed E-state index contributed by atoms with van der Waals surface area (Å²) >= 11 is 0. The number of imidazole rings is 1. The molecule has 2 aliphatic carbocycles. The molecule has 0 bridgehead atoms. The van der Waals surface area contributed by atoms with E-state index in [4.69, 9.17) is 10.7 Å². The number of hydrogen-bond donors (Lipinski definition) is 2. The van der Waals surface area contributed by atoms with E-state index < -0.39 is 6.61 Å². The zero-order valence-electron chi connectivity index (χ0n) is 13.5. The van der Waals surface area contributed by atoms with E-state index in [2.05, 4.69) is 19.6 Å². The van der Waals surface area contributed by atoms with Crippen LogP contribution >= 0.6 is 0 Å². The fourth-order valence-corrected chi connectivity index (χ4v) is 4.01. The molecule has 3 aliphatic rings. The molecule has 8 heteroatoms. The highest BCUT2D eigenvalue weighted by Gasteiger charge is 2.55. The van der Waals surface area contributed by atoms with Crippen LogP contribution in [0.5, 0.6) is 5.75 Å². The first kappa shape index (κ1) is 15.1. The topological polar surface area (TPSA) is 78.0 Å². The molecule has 132 valence electrons. The Morgan fingerprint density at radius 3 is 2.72 bits per heavy atom. The number of rotatable bonds is 5. The maximum Gasteiger partial charge on any atom is 0.387 e. The monoisotopic (exact) mass is 347 g/mol. The second-order valence-corrected chi connectivity index (χ2v) is 7.13. The van der Waals surface area contributed by atoms with Crippen LogP contribution in [-0.2, 0) is 0 Å². The largest absolute Gasteiger partial charge is 0.431 e. The van der Waals surface area contributed by atoms with Gasteiger partial charge in [0, 0.05) is 43.0 Å². The number of hydrogen-bond acceptors (Lipinski definition) is 5. The van der Waals surface area contributed by atoms with Gasteiger partial charge in [-0.25, -0.2) is 9.97 Å². The Morgan fingerprint density at radius 1 is 1.28 bits per heavy atom. The smallest absolute Gasteiger partial charge is 0.387 e. The number of fused-ring (bicyclic) bond motifs is 1. The summed E-state index contributed by atoms with van der Waals surface area (Å²) < 4.78 is 31.8. The second kappa shape index (κ2) is 5.39. The zero-order valence-corrected chi connectivity index (χ0v) is 13.5. The Labute approximate surface area is 143 Å². The predicted molar refractivity (Wildman–Crippen MR) is 87.4 cm³/mol. The van der Waals surface area contributed by atoms with Crippen molar-refractivity contribution in [1.82, 2.24) is 19.9 Å². The minimum absolute atomic E-state index is 0.0475. The van der Waals surface area contributed by atoms with Crippen LogP contribution in [0.25, 0.3) is 11.3 Å². The fourth-order valence-electron chi connectivity index (χ4n) is 4.01. The van der Waals surface area contributed by atoms with Crippen molar-refractivity contribution >= 4 is 5.82 Å². The van der Waals surface area contributed by atoms with Crippen molar-refractivity contribution in [3.05, 3.63) is 24.3 Å². The van der Waals surface area contributed by atoms with Gasteiger partial charge < -0.3 is 20.4 Å². The number of alkyl halides is 2. The number of nitrogens with two attached hydrogens (primary N) is 1. The molecule has 3 heterocycles. The zero-order chi connectivity index (χ0) is 17.1. The summed E-state index contributed by atoms with van der Waals surface area (Å²) in [5, 5.41) is 3.41. The number of pyridine rings is 1. The predicted octanol–water partition coefficient (Wildman–Crippen LogP) is 2.40. The van der Waals surface area contributed by atoms with Crippen LogP contribution in [0.2, 0.25) is 0 Å². The Kier molecular flexibility index (Phi) is 3.25. The molecular formula is C17H19F2N5O. The summed E-state index contributed by atoms with van der Waals surface area (Å²) in [6, 6.07) is 2.00. The molecule has 5 rings (SSSR count). The van der Waals surface area contributed by atoms with Crippen LogP contribution in [-0.4, -0.2) is 34.2 Å². The van der Waals surface area contributed by atoms with E-state index in [1.807, 2.05) is 6.20 Å². The molecule has 1 saturated heterocycles. The lowest BCUT2D eigenvalue weighted by atomic mass is 10.2. The molecule has 3 fully saturated rings. The van der Waals surface area contributed by atoms with E-state index in [1.54, 1.807) is 6.20 Å². The maximum absolute atomic E-state index is 12.5. The molecule has 25 heavy (non-hydrogen) atoms. The van der Waals surface area contributed by atoms with E-state index in [-0.39, 0.29) is 11.6 Å². The van der Waals surface area contributed by atoms with E-state index in [0.29, 0.717) is 29.4 Å². The van der Waals surface area contributed by atoms with Crippen molar-refractivity contribution in [2.24, 2.45) is 11.8 Å². The molecule has 1 aliphatic heterocycles. The number of halogens is 2. The van der Waals surface area contributed by atoms with Crippen LogP contribution in [0.4, 0.5) is 14.6 Å². The summed E-state index contributed by atoms with van der Waals surface area (Å²) in [7, 11) is 0. The Balaban J connectivity index is 1.50. The van der Waals surface area contributed by atoms with Crippen LogP contribution < -0.4 is 15.8 Å². The van der Waals surface area contributed by atoms with Crippen molar-refractivity contribution in [3.63, 3.8) is 0 Å². The Hall–Kier alpha value is -2.22. The van der Waals surface area contributed by atoms with Gasteiger partial charge in [-0.05, 0) is 30.7 Å². The molecule has 3 N–H and O–H groups in total. The second-order valence-electron chi connectivity index (χ2n) is 7.13. The summed E-state index contributed by atoms with van der Waals surface area (Å²) in [5.41, 5.74) is 7.02. The van der Waals surface area contributed by atoms with Gasteiger partial charge in [0.15, 0.2) is 11.6 Å². The molecule has 6 nitrogen and oxygen atoms in total. The third-order valence-electron chi connectivity index (χ3n) is 5.46. The van der Waals surface area contributed by atoms with E-state index in [1.165, 1.54) is 6.07 Å². The lowest BCUT2D eigenvalue weighted by Gasteiger charge is -2.09. The highest BCUT2D eigenvalue weighted by atomic mass is 19.3. The Morgan fingerprint density at radius 2 is 2.04 bits per heavy atom. The Bertz CT molecular complexity index is 809. The lowest BCUT2D eigenvalue weighted by molar-refractivity contribution is -0.0494. The van der Waals surface area contributed by atoms with Crippen LogP contribution in [0.1, 0.15) is 30.6 Å². The van der Waals surface area contributed by atoms with Crippen LogP contribution in [0.3, 0.4) is 0 Å². The van der Waals surface area contributed by atoms with Gasteiger partial charge in [-0.2, -0.15) is 8.78 Å². The number of nitrogen functional groups attached to an aromatic ring is 1. The maximum atomic E-state index is 12.5. The average Bonchev–Trinajstić information content (AvgIpc) is 3.45. The van der Waals surface area contributed by atoms with Gasteiger partial charge in [-0.3, -0.25) is 0 Å². The van der Waals surface area contributed by atoms with Gasteiger partial charge >= 0.3 is 6.61 Å². The standard InChI is InChI=1S/C17H19F2N5O/c18-17(19)25-13-3-9(4-22-15(13)20)12-7-24(16(23-12)8-1-2-8)14-10-5-21-6-11(10)14/h3-4,7-8,10-11,14,17,21H,1-2,5-6H2,(H2,20,22)/t10-,11+,14?. The number of nitrogens with zero attached hydrogens (tertiary/aromatic N) is 3. The molecule has 0 spiro atoms. The van der Waals surface area contributed by atoms with Gasteiger partial charge in [-0.1, -0.05) is 0 Å². The van der Waals surface area contributed by atoms with Gasteiger partial charge in [0.25, 0.3) is 0 Å². The minimum Gasteiger partial charge on any atom is -0.431 e. The average molecular weight is 347 g/mol. The number of piperidine rings is 1. The van der Waals surface area contributed by atoms with E-state index in [9.17, 15) is 8.78 Å². The summed E-state index contributed by atoms with van der Waals surface area (Å²) in [6.07, 6.45) is 5.93. The highest BCUT2D eigenvalue weighted by Crippen LogP contribution is 2.55. The third-order valence-corrected chi connectivity index (χ3v) is 5.46. The molecule has 0 amide bonds. The lowest BCUT2D eigenvalue weighted by Crippen LogP contribution is -2.17. The summed E-state index contributed by atoms with van der Waals surface area (Å²) in [4.78, 5) is 8.79. The van der Waals surface area contributed by atoms with E-state index in [0.717, 1.165) is 37.4 Å². The first-order valence-corrected chi connectivity index (χ1v) is 8.62. The van der Waals surface area contributed by atoms with Crippen molar-refractivity contribution < 1.29 is 13.5 Å². The van der Waals surface area contributed by atoms with Crippen molar-refractivity contribution in [1.29, 1.82) is 0 Å². The molecule has 1 unspecified atom stereocenters. The molecular weight excluding hydrogens is 328 g/mol. The van der Waals surface area contributed by atoms with Gasteiger partial charge in [0.2, 0.25) is 0 Å². The van der Waals surface area contributed by atoms with Gasteiger partial charge in [-0.15, -0.1) is 0 Å². The SMILES string of the molecule is Nc1ncc(-c2cn(C3[C@H]4CNC[C@@H]34)c(C3CC3)n2)cc1OC(F)F. The molecule has 2 aromatic rings. The number of anilines is 1. The number of nitrogens with one attached hydrogen (secondary N) is 1. The molecule has 0 radical (unpaired) electrons. The van der Waals surface area contributed by atoms with Crippen molar-refractivity contribution in [2.45, 2.75) is 31.4 Å². The molecule has 0 aromatic carbocycles. The fraction of sp³-hybridized carbons (Fsp3) is 0.529. The summed E-state index contributed by atoms with van der Waals surface area (Å²) in [5.74, 6) is 2.84.